The second kappa shape index (κ2) is 7.82. The average molecular weight is 362 g/mol. The van der Waals surface area contributed by atoms with Gasteiger partial charge in [0.15, 0.2) is 0 Å². The maximum absolute atomic E-state index is 12.5. The number of carbonyl (C=O) groups is 1. The number of fused-ring (bicyclic) bond motifs is 1. The number of aromatic nitrogens is 2. The van der Waals surface area contributed by atoms with E-state index in [1.54, 1.807) is 0 Å². The van der Waals surface area contributed by atoms with E-state index in [0.717, 1.165) is 41.1 Å². The molecule has 0 radical (unpaired) electrons. The Morgan fingerprint density at radius 2 is 1.96 bits per heavy atom. The van der Waals surface area contributed by atoms with Crippen LogP contribution in [0.2, 0.25) is 0 Å². The first-order chi connectivity index (χ1) is 13.2. The van der Waals surface area contributed by atoms with Crippen molar-refractivity contribution in [2.45, 2.75) is 45.6 Å². The molecule has 0 aliphatic heterocycles. The summed E-state index contributed by atoms with van der Waals surface area (Å²) in [7, 11) is 0. The quantitative estimate of drug-likeness (QED) is 0.687. The van der Waals surface area contributed by atoms with Crippen LogP contribution in [0.3, 0.4) is 0 Å². The lowest BCUT2D eigenvalue weighted by Crippen LogP contribution is -2.24. The van der Waals surface area contributed by atoms with Gasteiger partial charge in [-0.3, -0.25) is 4.79 Å². The van der Waals surface area contributed by atoms with Crippen molar-refractivity contribution in [1.29, 1.82) is 0 Å². The molecule has 4 rings (SSSR count). The standard InChI is InChI=1S/C22H26N4O/c1-16-7-6-12-26-20(15-24-21(16)26)14-23-18-10-5-11-19(13-18)25-22(27)17-8-3-2-4-9-17/h5-7,10-13,15,17,23H,2-4,8-9,14H2,1H3,(H,25,27). The second-order valence-corrected chi connectivity index (χ2v) is 7.39. The third-order valence-electron chi connectivity index (χ3n) is 5.39. The number of pyridine rings is 1. The van der Waals surface area contributed by atoms with Gasteiger partial charge in [-0.25, -0.2) is 4.98 Å². The van der Waals surface area contributed by atoms with Crippen molar-refractivity contribution in [3.8, 4) is 0 Å². The molecule has 1 saturated carbocycles. The minimum atomic E-state index is 0.157. The first-order valence-corrected chi connectivity index (χ1v) is 9.77. The highest BCUT2D eigenvalue weighted by Gasteiger charge is 2.21. The first-order valence-electron chi connectivity index (χ1n) is 9.77. The van der Waals surface area contributed by atoms with Crippen LogP contribution in [0, 0.1) is 12.8 Å². The van der Waals surface area contributed by atoms with Crippen LogP contribution >= 0.6 is 0 Å². The van der Waals surface area contributed by atoms with E-state index >= 15 is 0 Å². The Hall–Kier alpha value is -2.82. The van der Waals surface area contributed by atoms with Crippen molar-refractivity contribution in [1.82, 2.24) is 9.38 Å². The van der Waals surface area contributed by atoms with Gasteiger partial charge >= 0.3 is 0 Å². The third kappa shape index (κ3) is 3.97. The Balaban J connectivity index is 1.41. The number of aryl methyl sites for hydroxylation is 1. The molecular weight excluding hydrogens is 336 g/mol. The van der Waals surface area contributed by atoms with Crippen LogP contribution in [0.15, 0.2) is 48.8 Å². The van der Waals surface area contributed by atoms with Crippen molar-refractivity contribution >= 4 is 22.9 Å². The maximum atomic E-state index is 12.5. The smallest absolute Gasteiger partial charge is 0.227 e. The number of anilines is 2. The van der Waals surface area contributed by atoms with Gasteiger partial charge in [-0.2, -0.15) is 0 Å². The zero-order chi connectivity index (χ0) is 18.6. The van der Waals surface area contributed by atoms with Gasteiger partial charge in [-0.05, 0) is 49.6 Å². The minimum absolute atomic E-state index is 0.157. The summed E-state index contributed by atoms with van der Waals surface area (Å²) >= 11 is 0. The topological polar surface area (TPSA) is 58.4 Å². The molecule has 1 fully saturated rings. The van der Waals surface area contributed by atoms with Gasteiger partial charge < -0.3 is 15.0 Å². The van der Waals surface area contributed by atoms with Gasteiger partial charge in [0.05, 0.1) is 18.4 Å². The van der Waals surface area contributed by atoms with Crippen LogP contribution in [0.25, 0.3) is 5.65 Å². The third-order valence-corrected chi connectivity index (χ3v) is 5.39. The van der Waals surface area contributed by atoms with Crippen molar-refractivity contribution in [3.63, 3.8) is 0 Å². The molecule has 5 nitrogen and oxygen atoms in total. The summed E-state index contributed by atoms with van der Waals surface area (Å²) in [6.07, 6.45) is 9.55. The molecule has 1 amide bonds. The highest BCUT2D eigenvalue weighted by Crippen LogP contribution is 2.25. The van der Waals surface area contributed by atoms with Crippen LogP contribution in [0.1, 0.15) is 43.4 Å². The number of nitrogens with zero attached hydrogens (tertiary/aromatic N) is 2. The van der Waals surface area contributed by atoms with E-state index < -0.39 is 0 Å². The average Bonchev–Trinajstić information content (AvgIpc) is 3.12. The lowest BCUT2D eigenvalue weighted by atomic mass is 9.88. The molecule has 5 heteroatoms. The van der Waals surface area contributed by atoms with E-state index in [0.29, 0.717) is 6.54 Å². The number of amides is 1. The van der Waals surface area contributed by atoms with E-state index in [2.05, 4.69) is 33.0 Å². The molecule has 0 saturated heterocycles. The Morgan fingerprint density at radius 3 is 2.81 bits per heavy atom. The molecule has 27 heavy (non-hydrogen) atoms. The number of hydrogen-bond acceptors (Lipinski definition) is 3. The van der Waals surface area contributed by atoms with Crippen LogP contribution in [-0.2, 0) is 11.3 Å². The molecule has 2 heterocycles. The van der Waals surface area contributed by atoms with E-state index in [-0.39, 0.29) is 11.8 Å². The maximum Gasteiger partial charge on any atom is 0.227 e. The summed E-state index contributed by atoms with van der Waals surface area (Å²) in [5.41, 5.74) is 5.09. The lowest BCUT2D eigenvalue weighted by molar-refractivity contribution is -0.120. The molecule has 0 unspecified atom stereocenters. The van der Waals surface area contributed by atoms with Gasteiger partial charge in [0, 0.05) is 23.5 Å². The van der Waals surface area contributed by atoms with Crippen LogP contribution in [0.5, 0.6) is 0 Å². The van der Waals surface area contributed by atoms with E-state index in [1.165, 1.54) is 19.3 Å². The van der Waals surface area contributed by atoms with Crippen molar-refractivity contribution in [2.24, 2.45) is 5.92 Å². The summed E-state index contributed by atoms with van der Waals surface area (Å²) in [5, 5.41) is 6.53. The highest BCUT2D eigenvalue weighted by molar-refractivity contribution is 5.93. The normalized spacial score (nSPS) is 15.0. The van der Waals surface area contributed by atoms with Crippen molar-refractivity contribution < 1.29 is 4.79 Å². The molecule has 0 spiro atoms. The predicted octanol–water partition coefficient (Wildman–Crippen LogP) is 4.77. The van der Waals surface area contributed by atoms with Gasteiger partial charge in [0.1, 0.15) is 5.65 Å². The number of imidazole rings is 1. The molecule has 1 aromatic carbocycles. The van der Waals surface area contributed by atoms with Gasteiger partial charge in [-0.1, -0.05) is 31.4 Å². The molecule has 1 aliphatic rings. The Kier molecular flexibility index (Phi) is 5.10. The number of hydrogen-bond donors (Lipinski definition) is 2. The largest absolute Gasteiger partial charge is 0.379 e. The Morgan fingerprint density at radius 1 is 1.15 bits per heavy atom. The van der Waals surface area contributed by atoms with E-state index in [9.17, 15) is 4.79 Å². The number of nitrogens with one attached hydrogen (secondary N) is 2. The molecule has 0 atom stereocenters. The van der Waals surface area contributed by atoms with Gasteiger partial charge in [-0.15, -0.1) is 0 Å². The summed E-state index contributed by atoms with van der Waals surface area (Å²) in [4.78, 5) is 17.0. The number of benzene rings is 1. The van der Waals surface area contributed by atoms with Gasteiger partial charge in [0.2, 0.25) is 5.91 Å². The molecule has 140 valence electrons. The Labute approximate surface area is 159 Å². The number of rotatable bonds is 5. The van der Waals surface area contributed by atoms with Crippen LogP contribution in [0.4, 0.5) is 11.4 Å². The minimum Gasteiger partial charge on any atom is -0.379 e. The van der Waals surface area contributed by atoms with E-state index in [4.69, 9.17) is 0 Å². The predicted molar refractivity (Wildman–Crippen MR) is 109 cm³/mol. The summed E-state index contributed by atoms with van der Waals surface area (Å²) in [6.45, 7) is 2.74. The highest BCUT2D eigenvalue weighted by atomic mass is 16.1. The SMILES string of the molecule is Cc1cccn2c(CNc3cccc(NC(=O)C4CCCCC4)c3)cnc12. The second-order valence-electron chi connectivity index (χ2n) is 7.39. The summed E-state index contributed by atoms with van der Waals surface area (Å²) < 4.78 is 2.11. The number of carbonyl (C=O) groups excluding carboxylic acids is 1. The fraction of sp³-hybridized carbons (Fsp3) is 0.364. The van der Waals surface area contributed by atoms with E-state index in [1.807, 2.05) is 42.7 Å². The zero-order valence-corrected chi connectivity index (χ0v) is 15.7. The molecular formula is C22H26N4O. The van der Waals surface area contributed by atoms with Gasteiger partial charge in [0.25, 0.3) is 0 Å². The summed E-state index contributed by atoms with van der Waals surface area (Å²) in [6, 6.07) is 12.0. The molecule has 0 bridgehead atoms. The van der Waals surface area contributed by atoms with Crippen LogP contribution in [-0.4, -0.2) is 15.3 Å². The summed E-state index contributed by atoms with van der Waals surface area (Å²) in [5.74, 6) is 0.320. The monoisotopic (exact) mass is 362 g/mol. The molecule has 2 aromatic heterocycles. The van der Waals surface area contributed by atoms with Crippen molar-refractivity contribution in [2.75, 3.05) is 10.6 Å². The molecule has 2 N–H and O–H groups in total. The molecule has 3 aromatic rings. The fourth-order valence-electron chi connectivity index (χ4n) is 3.84. The zero-order valence-electron chi connectivity index (χ0n) is 15.7. The lowest BCUT2D eigenvalue weighted by Gasteiger charge is -2.21. The molecule has 1 aliphatic carbocycles. The Bertz CT molecular complexity index is 940. The first kappa shape index (κ1) is 17.6. The fourth-order valence-corrected chi connectivity index (χ4v) is 3.84. The van der Waals surface area contributed by atoms with Crippen molar-refractivity contribution in [3.05, 3.63) is 60.0 Å². The van der Waals surface area contributed by atoms with Crippen LogP contribution < -0.4 is 10.6 Å².